The van der Waals surface area contributed by atoms with Crippen molar-refractivity contribution in [2.24, 2.45) is 0 Å². The van der Waals surface area contributed by atoms with Crippen molar-refractivity contribution in [2.45, 2.75) is 13.1 Å². The molecular weight excluding hydrogens is 322 g/mol. The molecule has 0 bridgehead atoms. The summed E-state index contributed by atoms with van der Waals surface area (Å²) in [5.74, 6) is 0.314. The van der Waals surface area contributed by atoms with Crippen molar-refractivity contribution in [3.05, 3.63) is 51.7 Å². The van der Waals surface area contributed by atoms with Gasteiger partial charge in [0.2, 0.25) is 11.7 Å². The van der Waals surface area contributed by atoms with Crippen LogP contribution in [0.15, 0.2) is 41.1 Å². The van der Waals surface area contributed by atoms with E-state index in [2.05, 4.69) is 20.7 Å². The molecule has 1 N–H and O–H groups in total. The highest BCUT2D eigenvalue weighted by Gasteiger charge is 2.09. The number of carbonyl (C=O) groups is 1. The summed E-state index contributed by atoms with van der Waals surface area (Å²) in [6, 6.07) is 9.28. The maximum Gasteiger partial charge on any atom is 0.243 e. The Balaban J connectivity index is 1.57. The summed E-state index contributed by atoms with van der Waals surface area (Å²) in [4.78, 5) is 13.2. The number of hydrogen-bond donors (Lipinski definition) is 1. The quantitative estimate of drug-likeness (QED) is 0.778. The lowest BCUT2D eigenvalue weighted by Crippen LogP contribution is -2.28. The molecule has 112 valence electrons. The summed E-state index contributed by atoms with van der Waals surface area (Å²) in [7, 11) is 0. The third-order valence-corrected chi connectivity index (χ3v) is 4.00. The minimum atomic E-state index is -0.200. The van der Waals surface area contributed by atoms with Crippen LogP contribution in [0.4, 0.5) is 0 Å². The second-order valence-electron chi connectivity index (χ2n) is 4.52. The third kappa shape index (κ3) is 3.49. The number of rotatable bonds is 5. The van der Waals surface area contributed by atoms with Crippen LogP contribution in [0.1, 0.15) is 5.56 Å². The number of tetrazole rings is 1. The van der Waals surface area contributed by atoms with Gasteiger partial charge in [0, 0.05) is 22.5 Å². The predicted octanol–water partition coefficient (Wildman–Crippen LogP) is 2.37. The normalized spacial score (nSPS) is 10.6. The molecule has 2 aromatic heterocycles. The van der Waals surface area contributed by atoms with E-state index < -0.39 is 0 Å². The van der Waals surface area contributed by atoms with E-state index in [0.29, 0.717) is 17.4 Å². The van der Waals surface area contributed by atoms with Gasteiger partial charge in [-0.2, -0.15) is 16.1 Å². The Kier molecular flexibility index (Phi) is 4.45. The molecule has 2 heterocycles. The number of carbonyl (C=O) groups excluding carboxylic acids is 1. The van der Waals surface area contributed by atoms with Crippen LogP contribution >= 0.6 is 22.9 Å². The molecule has 3 rings (SSSR count). The molecule has 0 spiro atoms. The summed E-state index contributed by atoms with van der Waals surface area (Å²) in [5, 5.41) is 19.3. The maximum absolute atomic E-state index is 11.9. The van der Waals surface area contributed by atoms with Crippen LogP contribution in [0.25, 0.3) is 11.4 Å². The van der Waals surface area contributed by atoms with Gasteiger partial charge in [0.1, 0.15) is 6.54 Å². The lowest BCUT2D eigenvalue weighted by molar-refractivity contribution is -0.122. The highest BCUT2D eigenvalue weighted by atomic mass is 35.5. The molecule has 0 saturated heterocycles. The van der Waals surface area contributed by atoms with Crippen molar-refractivity contribution in [3.63, 3.8) is 0 Å². The summed E-state index contributed by atoms with van der Waals surface area (Å²) in [5.41, 5.74) is 1.76. The topological polar surface area (TPSA) is 72.7 Å². The monoisotopic (exact) mass is 333 g/mol. The lowest BCUT2D eigenvalue weighted by atomic mass is 10.2. The molecule has 0 aliphatic carbocycles. The van der Waals surface area contributed by atoms with Gasteiger partial charge in [0.15, 0.2) is 0 Å². The molecule has 3 aromatic rings. The molecule has 0 fully saturated rings. The average molecular weight is 334 g/mol. The fourth-order valence-electron chi connectivity index (χ4n) is 1.84. The van der Waals surface area contributed by atoms with Crippen molar-refractivity contribution in [3.8, 4) is 11.4 Å². The molecule has 0 atom stereocenters. The van der Waals surface area contributed by atoms with Gasteiger partial charge in [-0.05, 0) is 28.3 Å². The van der Waals surface area contributed by atoms with Gasteiger partial charge < -0.3 is 5.32 Å². The summed E-state index contributed by atoms with van der Waals surface area (Å²) >= 11 is 7.59. The Morgan fingerprint density at radius 2 is 2.18 bits per heavy atom. The van der Waals surface area contributed by atoms with E-state index in [-0.39, 0.29) is 12.5 Å². The van der Waals surface area contributed by atoms with Crippen LogP contribution < -0.4 is 5.32 Å². The highest BCUT2D eigenvalue weighted by Crippen LogP contribution is 2.16. The Morgan fingerprint density at radius 1 is 1.32 bits per heavy atom. The van der Waals surface area contributed by atoms with Crippen LogP contribution in [0.5, 0.6) is 0 Å². The van der Waals surface area contributed by atoms with Gasteiger partial charge in [-0.15, -0.1) is 10.2 Å². The van der Waals surface area contributed by atoms with Crippen molar-refractivity contribution in [2.75, 3.05) is 0 Å². The number of halogens is 1. The fourth-order valence-corrected chi connectivity index (χ4v) is 2.67. The highest BCUT2D eigenvalue weighted by molar-refractivity contribution is 7.08. The zero-order valence-corrected chi connectivity index (χ0v) is 13.0. The summed E-state index contributed by atoms with van der Waals surface area (Å²) < 4.78 is 0. The Hall–Kier alpha value is -2.25. The van der Waals surface area contributed by atoms with E-state index in [0.717, 1.165) is 11.1 Å². The molecule has 0 radical (unpaired) electrons. The average Bonchev–Trinajstić information content (AvgIpc) is 3.17. The van der Waals surface area contributed by atoms with Crippen LogP contribution in [0.3, 0.4) is 0 Å². The first-order valence-electron chi connectivity index (χ1n) is 6.53. The second-order valence-corrected chi connectivity index (χ2v) is 5.71. The number of nitrogens with zero attached hydrogens (tertiary/aromatic N) is 4. The number of amides is 1. The van der Waals surface area contributed by atoms with Crippen molar-refractivity contribution >= 4 is 28.8 Å². The first-order chi connectivity index (χ1) is 10.7. The molecule has 0 saturated carbocycles. The molecular formula is C14H12ClN5OS. The van der Waals surface area contributed by atoms with Gasteiger partial charge in [-0.1, -0.05) is 29.8 Å². The van der Waals surface area contributed by atoms with Crippen molar-refractivity contribution < 1.29 is 4.79 Å². The molecule has 1 aromatic carbocycles. The van der Waals surface area contributed by atoms with Crippen molar-refractivity contribution in [1.82, 2.24) is 25.5 Å². The Morgan fingerprint density at radius 3 is 2.95 bits per heavy atom. The molecule has 0 unspecified atom stereocenters. The van der Waals surface area contributed by atoms with E-state index in [4.69, 9.17) is 11.6 Å². The number of benzene rings is 1. The molecule has 8 heteroatoms. The van der Waals surface area contributed by atoms with E-state index in [1.165, 1.54) is 4.80 Å². The molecule has 0 aliphatic rings. The fraction of sp³-hybridized carbons (Fsp3) is 0.143. The zero-order valence-electron chi connectivity index (χ0n) is 11.4. The third-order valence-electron chi connectivity index (χ3n) is 2.95. The minimum Gasteiger partial charge on any atom is -0.350 e. The van der Waals surface area contributed by atoms with E-state index >= 15 is 0 Å². The number of nitrogens with one attached hydrogen (secondary N) is 1. The minimum absolute atomic E-state index is 0.0155. The van der Waals surface area contributed by atoms with Gasteiger partial charge in [-0.25, -0.2) is 0 Å². The predicted molar refractivity (Wildman–Crippen MR) is 84.4 cm³/mol. The van der Waals surface area contributed by atoms with E-state index in [1.54, 1.807) is 17.4 Å². The van der Waals surface area contributed by atoms with Gasteiger partial charge in [-0.3, -0.25) is 4.79 Å². The number of hydrogen-bond acceptors (Lipinski definition) is 5. The summed E-state index contributed by atoms with van der Waals surface area (Å²) in [6.07, 6.45) is 0. The SMILES string of the molecule is O=C(Cn1nnc(-c2ccsc2)n1)NCc1ccccc1Cl. The lowest BCUT2D eigenvalue weighted by Gasteiger charge is -2.06. The Bertz CT molecular complexity index is 771. The maximum atomic E-state index is 11.9. The van der Waals surface area contributed by atoms with Gasteiger partial charge in [0.05, 0.1) is 0 Å². The number of aromatic nitrogens is 4. The molecule has 0 aliphatic heterocycles. The smallest absolute Gasteiger partial charge is 0.243 e. The summed E-state index contributed by atoms with van der Waals surface area (Å²) in [6.45, 7) is 0.381. The van der Waals surface area contributed by atoms with Crippen LogP contribution in [-0.4, -0.2) is 26.1 Å². The van der Waals surface area contributed by atoms with Crippen LogP contribution in [-0.2, 0) is 17.9 Å². The largest absolute Gasteiger partial charge is 0.350 e. The second kappa shape index (κ2) is 6.67. The Labute approximate surface area is 135 Å². The van der Waals surface area contributed by atoms with Gasteiger partial charge >= 0.3 is 0 Å². The molecule has 22 heavy (non-hydrogen) atoms. The van der Waals surface area contributed by atoms with Crippen LogP contribution in [0, 0.1) is 0 Å². The first kappa shape index (κ1) is 14.7. The standard InChI is InChI=1S/C14H12ClN5OS/c15-12-4-2-1-3-10(12)7-16-13(21)8-20-18-14(17-19-20)11-5-6-22-9-11/h1-6,9H,7-8H2,(H,16,21). The molecule has 6 nitrogen and oxygen atoms in total. The van der Waals surface area contributed by atoms with E-state index in [1.807, 2.05) is 35.0 Å². The van der Waals surface area contributed by atoms with Gasteiger partial charge in [0.25, 0.3) is 0 Å². The molecule has 1 amide bonds. The van der Waals surface area contributed by atoms with Crippen LogP contribution in [0.2, 0.25) is 5.02 Å². The van der Waals surface area contributed by atoms with Crippen molar-refractivity contribution in [1.29, 1.82) is 0 Å². The zero-order chi connectivity index (χ0) is 15.4. The number of thiophene rings is 1. The first-order valence-corrected chi connectivity index (χ1v) is 7.85. The van der Waals surface area contributed by atoms with E-state index in [9.17, 15) is 4.79 Å².